The number of aromatic nitrogens is 6. The molecule has 0 radical (unpaired) electrons. The fourth-order valence-electron chi connectivity index (χ4n) is 5.59. The maximum Gasteiger partial charge on any atom is 0.253 e. The number of benzene rings is 1. The van der Waals surface area contributed by atoms with E-state index in [9.17, 15) is 0 Å². The number of anilines is 1. The van der Waals surface area contributed by atoms with Crippen molar-refractivity contribution in [1.82, 2.24) is 39.6 Å². The van der Waals surface area contributed by atoms with E-state index >= 15 is 0 Å². The van der Waals surface area contributed by atoms with Crippen LogP contribution in [0.1, 0.15) is 36.3 Å². The maximum absolute atomic E-state index is 6.46. The minimum Gasteiger partial charge on any atom is -0.485 e. The van der Waals surface area contributed by atoms with E-state index in [-0.39, 0.29) is 6.10 Å². The second-order valence-corrected chi connectivity index (χ2v) is 10.6. The summed E-state index contributed by atoms with van der Waals surface area (Å²) in [6.07, 6.45) is 1.05. The van der Waals surface area contributed by atoms with E-state index in [1.54, 1.807) is 4.52 Å². The summed E-state index contributed by atoms with van der Waals surface area (Å²) >= 11 is 0. The summed E-state index contributed by atoms with van der Waals surface area (Å²) in [5, 5.41) is 13.5. The van der Waals surface area contributed by atoms with Gasteiger partial charge in [0.15, 0.2) is 5.75 Å². The first-order chi connectivity index (χ1) is 19.0. The Bertz CT molecular complexity index is 1430. The first kappa shape index (κ1) is 25.6. The molecule has 0 amide bonds. The Hall–Kier alpha value is -3.63. The van der Waals surface area contributed by atoms with Crippen molar-refractivity contribution in [3.8, 4) is 17.0 Å². The topological polar surface area (TPSA) is 87.8 Å². The summed E-state index contributed by atoms with van der Waals surface area (Å²) in [5.41, 5.74) is 5.99. The number of nitrogens with zero attached hydrogens (tertiary/aromatic N) is 9. The zero-order valence-corrected chi connectivity index (χ0v) is 23.3. The van der Waals surface area contributed by atoms with Crippen LogP contribution in [0.4, 0.5) is 5.69 Å². The van der Waals surface area contributed by atoms with Gasteiger partial charge in [0.05, 0.1) is 29.3 Å². The molecule has 0 N–H and O–H groups in total. The first-order valence-electron chi connectivity index (χ1n) is 14.0. The van der Waals surface area contributed by atoms with Crippen molar-refractivity contribution in [2.45, 2.75) is 46.8 Å². The number of aryl methyl sites for hydroxylation is 3. The molecular formula is C29H37N9O. The van der Waals surface area contributed by atoms with Gasteiger partial charge in [-0.3, -0.25) is 4.90 Å². The van der Waals surface area contributed by atoms with Crippen LogP contribution in [0.15, 0.2) is 36.4 Å². The number of likely N-dealkylation sites (N-methyl/N-ethyl adjacent to an activating group) is 1. The average molecular weight is 528 g/mol. The molecule has 2 saturated heterocycles. The lowest BCUT2D eigenvalue weighted by Crippen LogP contribution is -2.45. The highest BCUT2D eigenvalue weighted by Gasteiger charge is 2.26. The van der Waals surface area contributed by atoms with Gasteiger partial charge in [-0.05, 0) is 51.6 Å². The molecule has 0 aliphatic carbocycles. The van der Waals surface area contributed by atoms with Crippen molar-refractivity contribution in [2.75, 3.05) is 50.7 Å². The van der Waals surface area contributed by atoms with E-state index < -0.39 is 0 Å². The molecule has 6 rings (SSSR count). The molecule has 204 valence electrons. The van der Waals surface area contributed by atoms with Gasteiger partial charge in [0.1, 0.15) is 11.9 Å². The molecule has 2 aliphatic rings. The van der Waals surface area contributed by atoms with Crippen LogP contribution in [0.3, 0.4) is 0 Å². The van der Waals surface area contributed by atoms with Crippen molar-refractivity contribution >= 4 is 11.5 Å². The Balaban J connectivity index is 1.06. The molecule has 5 heterocycles. The van der Waals surface area contributed by atoms with E-state index in [4.69, 9.17) is 4.74 Å². The summed E-state index contributed by atoms with van der Waals surface area (Å²) in [6.45, 7) is 16.3. The highest BCUT2D eigenvalue weighted by molar-refractivity contribution is 5.63. The number of piperazine rings is 1. The zero-order chi connectivity index (χ0) is 26.9. The Morgan fingerprint density at radius 2 is 1.64 bits per heavy atom. The van der Waals surface area contributed by atoms with Gasteiger partial charge in [-0.2, -0.15) is 19.7 Å². The second-order valence-electron chi connectivity index (χ2n) is 10.6. The number of ether oxygens (including phenoxy) is 1. The number of hydrogen-bond donors (Lipinski definition) is 0. The molecular weight excluding hydrogens is 490 g/mol. The standard InChI is InChI=1S/C29H37N9O/c1-5-35-14-16-36(17-15-35)18-24-8-11-27(33-32-24)23-6-9-25(10-7-23)37-13-12-26(19-37)39-28-20(2)30-29-31-22(4)34-38(29)21(28)3/h6-11,26H,5,12-19H2,1-4H3/t26-/m1/s1. The van der Waals surface area contributed by atoms with E-state index in [0.29, 0.717) is 11.6 Å². The molecule has 2 fully saturated rings. The molecule has 0 spiro atoms. The van der Waals surface area contributed by atoms with Crippen LogP contribution in [0.2, 0.25) is 0 Å². The van der Waals surface area contributed by atoms with Gasteiger partial charge in [0, 0.05) is 56.9 Å². The fraction of sp³-hybridized carbons (Fsp3) is 0.483. The Morgan fingerprint density at radius 1 is 0.872 bits per heavy atom. The lowest BCUT2D eigenvalue weighted by Gasteiger charge is -2.33. The molecule has 39 heavy (non-hydrogen) atoms. The molecule has 2 aliphatic heterocycles. The van der Waals surface area contributed by atoms with Crippen LogP contribution in [0, 0.1) is 20.8 Å². The normalized spacial score (nSPS) is 18.8. The number of hydrogen-bond acceptors (Lipinski definition) is 9. The summed E-state index contributed by atoms with van der Waals surface area (Å²) in [5.74, 6) is 2.13. The summed E-state index contributed by atoms with van der Waals surface area (Å²) in [7, 11) is 0. The third-order valence-electron chi connectivity index (χ3n) is 7.91. The summed E-state index contributed by atoms with van der Waals surface area (Å²) in [4.78, 5) is 16.3. The van der Waals surface area contributed by atoms with Gasteiger partial charge in [-0.25, -0.2) is 4.98 Å². The van der Waals surface area contributed by atoms with Gasteiger partial charge in [0.2, 0.25) is 0 Å². The predicted molar refractivity (Wildman–Crippen MR) is 151 cm³/mol. The minimum absolute atomic E-state index is 0.0919. The quantitative estimate of drug-likeness (QED) is 0.359. The molecule has 0 saturated carbocycles. The largest absolute Gasteiger partial charge is 0.485 e. The first-order valence-corrected chi connectivity index (χ1v) is 14.0. The zero-order valence-electron chi connectivity index (χ0n) is 23.3. The average Bonchev–Trinajstić information content (AvgIpc) is 3.58. The molecule has 3 aromatic heterocycles. The van der Waals surface area contributed by atoms with Crippen LogP contribution in [-0.4, -0.2) is 91.5 Å². The highest BCUT2D eigenvalue weighted by atomic mass is 16.5. The Kier molecular flexibility index (Phi) is 7.14. The van der Waals surface area contributed by atoms with Gasteiger partial charge in [-0.1, -0.05) is 19.1 Å². The van der Waals surface area contributed by atoms with E-state index in [0.717, 1.165) is 92.9 Å². The third-order valence-corrected chi connectivity index (χ3v) is 7.91. The van der Waals surface area contributed by atoms with Crippen molar-refractivity contribution in [3.05, 3.63) is 59.3 Å². The lowest BCUT2D eigenvalue weighted by molar-refractivity contribution is 0.130. The number of rotatable bonds is 7. The van der Waals surface area contributed by atoms with Gasteiger partial charge >= 0.3 is 0 Å². The predicted octanol–water partition coefficient (Wildman–Crippen LogP) is 3.30. The van der Waals surface area contributed by atoms with Crippen LogP contribution in [-0.2, 0) is 6.54 Å². The summed E-state index contributed by atoms with van der Waals surface area (Å²) < 4.78 is 8.23. The molecule has 10 nitrogen and oxygen atoms in total. The minimum atomic E-state index is 0.0919. The smallest absolute Gasteiger partial charge is 0.253 e. The van der Waals surface area contributed by atoms with Gasteiger partial charge in [-0.15, -0.1) is 5.10 Å². The second kappa shape index (κ2) is 10.9. The molecule has 0 bridgehead atoms. The molecule has 0 unspecified atom stereocenters. The Morgan fingerprint density at radius 3 is 2.36 bits per heavy atom. The highest BCUT2D eigenvalue weighted by Crippen LogP contribution is 2.29. The number of fused-ring (bicyclic) bond motifs is 1. The maximum atomic E-state index is 6.46. The van der Waals surface area contributed by atoms with Crippen LogP contribution < -0.4 is 9.64 Å². The van der Waals surface area contributed by atoms with Crippen molar-refractivity contribution in [1.29, 1.82) is 0 Å². The van der Waals surface area contributed by atoms with Crippen molar-refractivity contribution < 1.29 is 4.74 Å². The monoisotopic (exact) mass is 527 g/mol. The third kappa shape index (κ3) is 5.44. The van der Waals surface area contributed by atoms with Gasteiger partial charge in [0.25, 0.3) is 5.78 Å². The van der Waals surface area contributed by atoms with Crippen molar-refractivity contribution in [2.24, 2.45) is 0 Å². The lowest BCUT2D eigenvalue weighted by atomic mass is 10.1. The van der Waals surface area contributed by atoms with Gasteiger partial charge < -0.3 is 14.5 Å². The SMILES string of the molecule is CCN1CCN(Cc2ccc(-c3ccc(N4CC[C@@H](Oc5c(C)nc6nc(C)nn6c5C)C4)cc3)nn2)CC1. The molecule has 4 aromatic rings. The van der Waals surface area contributed by atoms with Crippen molar-refractivity contribution in [3.63, 3.8) is 0 Å². The van der Waals surface area contributed by atoms with Crippen LogP contribution >= 0.6 is 0 Å². The van der Waals surface area contributed by atoms with E-state index in [1.165, 1.54) is 5.69 Å². The summed E-state index contributed by atoms with van der Waals surface area (Å²) in [6, 6.07) is 12.8. The van der Waals surface area contributed by atoms with Crippen LogP contribution in [0.25, 0.3) is 17.0 Å². The Labute approximate surface area is 229 Å². The van der Waals surface area contributed by atoms with E-state index in [1.807, 2.05) is 20.8 Å². The molecule has 10 heteroatoms. The van der Waals surface area contributed by atoms with E-state index in [2.05, 4.69) is 83.3 Å². The molecule has 1 atom stereocenters. The van der Waals surface area contributed by atoms with Crippen LogP contribution in [0.5, 0.6) is 5.75 Å². The molecule has 1 aromatic carbocycles. The fourth-order valence-corrected chi connectivity index (χ4v) is 5.59.